The molecule has 5 N–H and O–H groups in total. The zero-order valence-electron chi connectivity index (χ0n) is 11.3. The van der Waals surface area contributed by atoms with E-state index in [2.05, 4.69) is 5.32 Å². The van der Waals surface area contributed by atoms with Gasteiger partial charge in [0.1, 0.15) is 0 Å². The zero-order chi connectivity index (χ0) is 15.6. The van der Waals surface area contributed by atoms with Crippen LogP contribution in [0.4, 0.5) is 5.69 Å². The lowest BCUT2D eigenvalue weighted by atomic mass is 9.99. The van der Waals surface area contributed by atoms with Crippen molar-refractivity contribution in [2.24, 2.45) is 5.14 Å². The first-order chi connectivity index (χ1) is 9.13. The Morgan fingerprint density at radius 2 is 2.05 bits per heavy atom. The summed E-state index contributed by atoms with van der Waals surface area (Å²) < 4.78 is 22.5. The number of carboxylic acid groups (broad SMARTS) is 1. The molecule has 1 unspecified atom stereocenters. The Kier molecular flexibility index (Phi) is 4.74. The van der Waals surface area contributed by atoms with Crippen molar-refractivity contribution >= 4 is 21.7 Å². The quantitative estimate of drug-likeness (QED) is 0.609. The summed E-state index contributed by atoms with van der Waals surface area (Å²) >= 11 is 0. The molecular formula is C12H18N2O5S. The molecule has 0 amide bonds. The number of aromatic carboxylic acids is 1. The maximum absolute atomic E-state index is 11.2. The van der Waals surface area contributed by atoms with Crippen molar-refractivity contribution in [1.82, 2.24) is 0 Å². The van der Waals surface area contributed by atoms with E-state index in [9.17, 15) is 18.3 Å². The second kappa shape index (κ2) is 5.78. The maximum Gasteiger partial charge on any atom is 0.337 e. The summed E-state index contributed by atoms with van der Waals surface area (Å²) in [5.41, 5.74) is -0.694. The molecule has 0 aromatic heterocycles. The van der Waals surface area contributed by atoms with Gasteiger partial charge in [0.2, 0.25) is 10.0 Å². The number of sulfonamides is 1. The normalized spacial score (nSPS) is 14.6. The number of rotatable bonds is 6. The predicted octanol–water partition coefficient (Wildman–Crippen LogP) is 0.605. The molecule has 1 aromatic rings. The third-order valence-electron chi connectivity index (χ3n) is 3.12. The summed E-state index contributed by atoms with van der Waals surface area (Å²) in [5.74, 6) is -1.28. The molecule has 0 spiro atoms. The molecule has 8 heteroatoms. The Morgan fingerprint density at radius 1 is 1.45 bits per heavy atom. The topological polar surface area (TPSA) is 130 Å². The molecule has 0 heterocycles. The molecule has 0 bridgehead atoms. The Labute approximate surface area is 117 Å². The van der Waals surface area contributed by atoms with Crippen LogP contribution in [-0.2, 0) is 10.0 Å². The molecule has 20 heavy (non-hydrogen) atoms. The Balaban J connectivity index is 3.32. The number of hydrogen-bond donors (Lipinski definition) is 4. The number of carboxylic acids is 1. The molecular weight excluding hydrogens is 284 g/mol. The number of aliphatic hydroxyl groups excluding tert-OH is 1. The van der Waals surface area contributed by atoms with Gasteiger partial charge in [0.05, 0.1) is 22.6 Å². The van der Waals surface area contributed by atoms with E-state index >= 15 is 0 Å². The van der Waals surface area contributed by atoms with Crippen LogP contribution in [0.15, 0.2) is 23.1 Å². The molecule has 0 fully saturated rings. The smallest absolute Gasteiger partial charge is 0.337 e. The largest absolute Gasteiger partial charge is 0.478 e. The highest BCUT2D eigenvalue weighted by Crippen LogP contribution is 2.24. The molecule has 0 aliphatic rings. The fourth-order valence-electron chi connectivity index (χ4n) is 1.55. The van der Waals surface area contributed by atoms with Crippen molar-refractivity contribution < 1.29 is 23.4 Å². The van der Waals surface area contributed by atoms with Crippen LogP contribution < -0.4 is 10.5 Å². The summed E-state index contributed by atoms with van der Waals surface area (Å²) in [4.78, 5) is 10.9. The lowest BCUT2D eigenvalue weighted by Gasteiger charge is -2.29. The van der Waals surface area contributed by atoms with E-state index in [0.29, 0.717) is 6.42 Å². The van der Waals surface area contributed by atoms with Crippen LogP contribution in [0.1, 0.15) is 30.6 Å². The molecule has 1 atom stereocenters. The van der Waals surface area contributed by atoms with Gasteiger partial charge >= 0.3 is 5.97 Å². The standard InChI is InChI=1S/C12H18N2O5S/c1-3-12(2,7-15)14-10-5-4-8(20(13,18)19)6-9(10)11(16)17/h4-6,14-15H,3,7H2,1-2H3,(H,16,17)(H2,13,18,19). The summed E-state index contributed by atoms with van der Waals surface area (Å²) in [6.45, 7) is 3.37. The van der Waals surface area contributed by atoms with Crippen molar-refractivity contribution in [1.29, 1.82) is 0 Å². The van der Waals surface area contributed by atoms with Crippen molar-refractivity contribution in [2.75, 3.05) is 11.9 Å². The average molecular weight is 302 g/mol. The molecule has 1 aromatic carbocycles. The molecule has 0 aliphatic carbocycles. The van der Waals surface area contributed by atoms with Gasteiger partial charge in [-0.3, -0.25) is 0 Å². The number of nitrogens with one attached hydrogen (secondary N) is 1. The van der Waals surface area contributed by atoms with Crippen LogP contribution in [0.5, 0.6) is 0 Å². The fraction of sp³-hybridized carbons (Fsp3) is 0.417. The molecule has 7 nitrogen and oxygen atoms in total. The van der Waals surface area contributed by atoms with Crippen molar-refractivity contribution in [3.05, 3.63) is 23.8 Å². The predicted molar refractivity (Wildman–Crippen MR) is 74.2 cm³/mol. The van der Waals surface area contributed by atoms with Gasteiger partial charge in [-0.1, -0.05) is 6.92 Å². The van der Waals surface area contributed by atoms with Crippen LogP contribution in [0.3, 0.4) is 0 Å². The Morgan fingerprint density at radius 3 is 2.45 bits per heavy atom. The van der Waals surface area contributed by atoms with E-state index in [4.69, 9.17) is 10.2 Å². The number of nitrogens with two attached hydrogens (primary N) is 1. The zero-order valence-corrected chi connectivity index (χ0v) is 12.1. The summed E-state index contributed by atoms with van der Waals surface area (Å²) in [6.07, 6.45) is 0.555. The second-order valence-corrected chi connectivity index (χ2v) is 6.32. The van der Waals surface area contributed by atoms with E-state index in [1.807, 2.05) is 6.92 Å². The summed E-state index contributed by atoms with van der Waals surface area (Å²) in [7, 11) is -3.97. The molecule has 0 aliphatic heterocycles. The van der Waals surface area contributed by atoms with E-state index in [0.717, 1.165) is 6.07 Å². The Hall–Kier alpha value is -1.64. The lowest BCUT2D eigenvalue weighted by Crippen LogP contribution is -2.38. The molecule has 0 saturated carbocycles. The van der Waals surface area contributed by atoms with Crippen molar-refractivity contribution in [2.45, 2.75) is 30.7 Å². The lowest BCUT2D eigenvalue weighted by molar-refractivity contribution is 0.0697. The van der Waals surface area contributed by atoms with Gasteiger partial charge in [-0.05, 0) is 31.5 Å². The molecule has 112 valence electrons. The second-order valence-electron chi connectivity index (χ2n) is 4.75. The highest BCUT2D eigenvalue weighted by Gasteiger charge is 2.24. The van der Waals surface area contributed by atoms with Crippen LogP contribution in [0.2, 0.25) is 0 Å². The van der Waals surface area contributed by atoms with Crippen LogP contribution >= 0.6 is 0 Å². The molecule has 0 radical (unpaired) electrons. The summed E-state index contributed by atoms with van der Waals surface area (Å²) in [6, 6.07) is 3.54. The van der Waals surface area contributed by atoms with Gasteiger partial charge in [0, 0.05) is 5.69 Å². The van der Waals surface area contributed by atoms with Crippen LogP contribution in [0, 0.1) is 0 Å². The van der Waals surface area contributed by atoms with Gasteiger partial charge in [-0.2, -0.15) is 0 Å². The first kappa shape index (κ1) is 16.4. The number of carbonyl (C=O) groups is 1. The average Bonchev–Trinajstić information content (AvgIpc) is 2.37. The minimum atomic E-state index is -3.97. The number of primary sulfonamides is 1. The van der Waals surface area contributed by atoms with Crippen LogP contribution in [0.25, 0.3) is 0 Å². The number of anilines is 1. The number of hydrogen-bond acceptors (Lipinski definition) is 5. The van der Waals surface area contributed by atoms with Crippen molar-refractivity contribution in [3.63, 3.8) is 0 Å². The van der Waals surface area contributed by atoms with Gasteiger partial charge < -0.3 is 15.5 Å². The number of aliphatic hydroxyl groups is 1. The van der Waals surface area contributed by atoms with E-state index < -0.39 is 21.5 Å². The highest BCUT2D eigenvalue weighted by atomic mass is 32.2. The van der Waals surface area contributed by atoms with Crippen molar-refractivity contribution in [3.8, 4) is 0 Å². The first-order valence-electron chi connectivity index (χ1n) is 5.92. The third kappa shape index (κ3) is 3.69. The summed E-state index contributed by atoms with van der Waals surface area (Å²) in [5, 5.41) is 26.4. The van der Waals surface area contributed by atoms with Gasteiger partial charge in [-0.15, -0.1) is 0 Å². The van der Waals surface area contributed by atoms with Gasteiger partial charge in [0.15, 0.2) is 0 Å². The molecule has 0 saturated heterocycles. The monoisotopic (exact) mass is 302 g/mol. The third-order valence-corrected chi connectivity index (χ3v) is 4.03. The van der Waals surface area contributed by atoms with E-state index in [1.165, 1.54) is 12.1 Å². The first-order valence-corrected chi connectivity index (χ1v) is 7.47. The molecule has 1 rings (SSSR count). The van der Waals surface area contributed by atoms with E-state index in [1.54, 1.807) is 6.92 Å². The minimum absolute atomic E-state index is 0.195. The SMILES string of the molecule is CCC(C)(CO)Nc1ccc(S(N)(=O)=O)cc1C(=O)O. The van der Waals surface area contributed by atoms with Crippen LogP contribution in [-0.4, -0.2) is 36.7 Å². The minimum Gasteiger partial charge on any atom is -0.478 e. The van der Waals surface area contributed by atoms with Gasteiger partial charge in [-0.25, -0.2) is 18.4 Å². The van der Waals surface area contributed by atoms with E-state index in [-0.39, 0.29) is 22.8 Å². The van der Waals surface area contributed by atoms with Gasteiger partial charge in [0.25, 0.3) is 0 Å². The highest BCUT2D eigenvalue weighted by molar-refractivity contribution is 7.89. The number of benzene rings is 1. The fourth-order valence-corrected chi connectivity index (χ4v) is 2.09. The Bertz CT molecular complexity index is 608. The maximum atomic E-state index is 11.2.